The van der Waals surface area contributed by atoms with Gasteiger partial charge in [-0.2, -0.15) is 0 Å². The molecule has 0 atom stereocenters. The molecule has 0 spiro atoms. The van der Waals surface area contributed by atoms with Gasteiger partial charge in [-0.25, -0.2) is 4.39 Å². The van der Waals surface area contributed by atoms with Gasteiger partial charge >= 0.3 is 0 Å². The number of benzene rings is 1. The number of hydrogen-bond donors (Lipinski definition) is 2. The molecule has 0 fully saturated rings. The first-order valence-electron chi connectivity index (χ1n) is 5.34. The molecule has 1 heterocycles. The summed E-state index contributed by atoms with van der Waals surface area (Å²) in [5, 5.41) is 2.66. The number of nitrogens with zero attached hydrogens (tertiary/aromatic N) is 1. The van der Waals surface area contributed by atoms with Crippen LogP contribution in [0.15, 0.2) is 36.7 Å². The number of hydrogen-bond acceptors (Lipinski definition) is 3. The zero-order chi connectivity index (χ0) is 13.1. The summed E-state index contributed by atoms with van der Waals surface area (Å²) in [6.45, 7) is 1.84. The predicted octanol–water partition coefficient (Wildman–Crippen LogP) is 2.36. The molecule has 0 radical (unpaired) electrons. The highest BCUT2D eigenvalue weighted by Gasteiger charge is 2.09. The highest BCUT2D eigenvalue weighted by atomic mass is 19.1. The Morgan fingerprint density at radius 2 is 2.17 bits per heavy atom. The molecule has 1 aromatic carbocycles. The van der Waals surface area contributed by atoms with Gasteiger partial charge in [-0.15, -0.1) is 0 Å². The van der Waals surface area contributed by atoms with Crippen LogP contribution in [-0.4, -0.2) is 10.9 Å². The number of aryl methyl sites for hydroxylation is 1. The maximum Gasteiger partial charge on any atom is 0.255 e. The fraction of sp³-hybridized carbons (Fsp3) is 0.0769. The molecule has 5 heteroatoms. The lowest BCUT2D eigenvalue weighted by Gasteiger charge is -2.08. The van der Waals surface area contributed by atoms with Gasteiger partial charge in [-0.3, -0.25) is 9.78 Å². The van der Waals surface area contributed by atoms with Crippen LogP contribution in [0.4, 0.5) is 15.8 Å². The Morgan fingerprint density at radius 3 is 2.83 bits per heavy atom. The minimum Gasteiger partial charge on any atom is -0.399 e. The molecule has 0 bridgehead atoms. The van der Waals surface area contributed by atoms with Crippen molar-refractivity contribution < 1.29 is 9.18 Å². The van der Waals surface area contributed by atoms with Crippen molar-refractivity contribution in [2.75, 3.05) is 11.1 Å². The van der Waals surface area contributed by atoms with Crippen molar-refractivity contribution in [1.82, 2.24) is 4.98 Å². The Bertz CT molecular complexity index is 578. The normalized spacial score (nSPS) is 10.1. The van der Waals surface area contributed by atoms with Crippen molar-refractivity contribution in [2.45, 2.75) is 6.92 Å². The SMILES string of the molecule is Cc1ccncc1NC(=O)c1cc(N)cc(F)c1. The van der Waals surface area contributed by atoms with Gasteiger partial charge in [-0.1, -0.05) is 0 Å². The lowest BCUT2D eigenvalue weighted by Crippen LogP contribution is -2.13. The zero-order valence-electron chi connectivity index (χ0n) is 9.77. The number of amides is 1. The van der Waals surface area contributed by atoms with Crippen LogP contribution in [0.1, 0.15) is 15.9 Å². The van der Waals surface area contributed by atoms with E-state index >= 15 is 0 Å². The molecule has 3 N–H and O–H groups in total. The fourth-order valence-electron chi connectivity index (χ4n) is 1.53. The molecule has 0 saturated heterocycles. The Morgan fingerprint density at radius 1 is 1.39 bits per heavy atom. The van der Waals surface area contributed by atoms with Crippen LogP contribution in [0, 0.1) is 12.7 Å². The van der Waals surface area contributed by atoms with E-state index in [0.717, 1.165) is 17.7 Å². The molecule has 2 aromatic rings. The summed E-state index contributed by atoms with van der Waals surface area (Å²) in [4.78, 5) is 15.8. The van der Waals surface area contributed by atoms with E-state index in [-0.39, 0.29) is 11.3 Å². The topological polar surface area (TPSA) is 68.0 Å². The molecular formula is C13H12FN3O. The molecule has 92 valence electrons. The minimum absolute atomic E-state index is 0.177. The van der Waals surface area contributed by atoms with E-state index in [0.29, 0.717) is 5.69 Å². The lowest BCUT2D eigenvalue weighted by atomic mass is 10.1. The average molecular weight is 245 g/mol. The van der Waals surface area contributed by atoms with E-state index in [9.17, 15) is 9.18 Å². The third kappa shape index (κ3) is 2.63. The van der Waals surface area contributed by atoms with E-state index < -0.39 is 11.7 Å². The van der Waals surface area contributed by atoms with Crippen molar-refractivity contribution in [2.24, 2.45) is 0 Å². The summed E-state index contributed by atoms with van der Waals surface area (Å²) < 4.78 is 13.1. The molecule has 0 aliphatic rings. The summed E-state index contributed by atoms with van der Waals surface area (Å²) in [5.74, 6) is -0.958. The Labute approximate surface area is 104 Å². The summed E-state index contributed by atoms with van der Waals surface area (Å²) in [6.07, 6.45) is 3.17. The molecule has 4 nitrogen and oxygen atoms in total. The molecule has 0 aliphatic heterocycles. The van der Waals surface area contributed by atoms with Gasteiger partial charge in [0.15, 0.2) is 0 Å². The van der Waals surface area contributed by atoms with E-state index in [1.807, 2.05) is 6.92 Å². The number of anilines is 2. The van der Waals surface area contributed by atoms with Crippen LogP contribution in [0.3, 0.4) is 0 Å². The van der Waals surface area contributed by atoms with E-state index in [1.54, 1.807) is 12.3 Å². The summed E-state index contributed by atoms with van der Waals surface area (Å²) in [6, 6.07) is 5.49. The fourth-order valence-corrected chi connectivity index (χ4v) is 1.53. The number of nitrogens with one attached hydrogen (secondary N) is 1. The third-order valence-corrected chi connectivity index (χ3v) is 2.47. The van der Waals surface area contributed by atoms with Gasteiger partial charge in [0.05, 0.1) is 11.9 Å². The number of halogens is 1. The molecule has 0 saturated carbocycles. The molecular weight excluding hydrogens is 233 g/mol. The zero-order valence-corrected chi connectivity index (χ0v) is 9.77. The first kappa shape index (κ1) is 12.0. The van der Waals surface area contributed by atoms with E-state index in [4.69, 9.17) is 5.73 Å². The van der Waals surface area contributed by atoms with Crippen molar-refractivity contribution >= 4 is 17.3 Å². The lowest BCUT2D eigenvalue weighted by molar-refractivity contribution is 0.102. The number of rotatable bonds is 2. The molecule has 0 unspecified atom stereocenters. The number of carbonyl (C=O) groups excluding carboxylic acids is 1. The largest absolute Gasteiger partial charge is 0.399 e. The van der Waals surface area contributed by atoms with Crippen molar-refractivity contribution in [3.05, 3.63) is 53.6 Å². The van der Waals surface area contributed by atoms with Gasteiger partial charge in [0, 0.05) is 17.4 Å². The van der Waals surface area contributed by atoms with Gasteiger partial charge in [0.2, 0.25) is 0 Å². The number of pyridine rings is 1. The maximum atomic E-state index is 13.1. The summed E-state index contributed by atoms with van der Waals surface area (Å²) >= 11 is 0. The number of carbonyl (C=O) groups is 1. The monoisotopic (exact) mass is 245 g/mol. The van der Waals surface area contributed by atoms with Crippen molar-refractivity contribution in [3.63, 3.8) is 0 Å². The van der Waals surface area contributed by atoms with Crippen LogP contribution < -0.4 is 11.1 Å². The first-order chi connectivity index (χ1) is 8.56. The Hall–Kier alpha value is -2.43. The van der Waals surface area contributed by atoms with Crippen LogP contribution >= 0.6 is 0 Å². The number of aromatic nitrogens is 1. The smallest absolute Gasteiger partial charge is 0.255 e. The van der Waals surface area contributed by atoms with E-state index in [1.165, 1.54) is 12.3 Å². The molecule has 1 amide bonds. The number of nitrogens with two attached hydrogens (primary N) is 1. The highest BCUT2D eigenvalue weighted by molar-refractivity contribution is 6.05. The first-order valence-corrected chi connectivity index (χ1v) is 5.34. The quantitative estimate of drug-likeness (QED) is 0.798. The van der Waals surface area contributed by atoms with Crippen LogP contribution in [0.25, 0.3) is 0 Å². The second-order valence-electron chi connectivity index (χ2n) is 3.92. The van der Waals surface area contributed by atoms with Gasteiger partial charge in [0.25, 0.3) is 5.91 Å². The second kappa shape index (κ2) is 4.83. The standard InChI is InChI=1S/C13H12FN3O/c1-8-2-3-16-7-12(8)17-13(18)9-4-10(14)6-11(15)5-9/h2-7H,15H2,1H3,(H,17,18). The molecule has 0 aliphatic carbocycles. The third-order valence-electron chi connectivity index (χ3n) is 2.47. The van der Waals surface area contributed by atoms with Crippen LogP contribution in [-0.2, 0) is 0 Å². The molecule has 2 rings (SSSR count). The van der Waals surface area contributed by atoms with Crippen molar-refractivity contribution in [1.29, 1.82) is 0 Å². The molecule has 1 aromatic heterocycles. The molecule has 18 heavy (non-hydrogen) atoms. The second-order valence-corrected chi connectivity index (χ2v) is 3.92. The van der Waals surface area contributed by atoms with Crippen molar-refractivity contribution in [3.8, 4) is 0 Å². The minimum atomic E-state index is -0.539. The number of nitrogen functional groups attached to an aromatic ring is 1. The highest BCUT2D eigenvalue weighted by Crippen LogP contribution is 2.15. The summed E-state index contributed by atoms with van der Waals surface area (Å²) in [5.41, 5.74) is 7.34. The average Bonchev–Trinajstić information content (AvgIpc) is 2.31. The summed E-state index contributed by atoms with van der Waals surface area (Å²) in [7, 11) is 0. The van der Waals surface area contributed by atoms with E-state index in [2.05, 4.69) is 10.3 Å². The predicted molar refractivity (Wildman–Crippen MR) is 67.7 cm³/mol. The Kier molecular flexibility index (Phi) is 3.23. The maximum absolute atomic E-state index is 13.1. The van der Waals surface area contributed by atoms with Gasteiger partial charge < -0.3 is 11.1 Å². The van der Waals surface area contributed by atoms with Gasteiger partial charge in [-0.05, 0) is 36.8 Å². The Balaban J connectivity index is 2.25. The van der Waals surface area contributed by atoms with Crippen LogP contribution in [0.2, 0.25) is 0 Å². The van der Waals surface area contributed by atoms with Crippen LogP contribution in [0.5, 0.6) is 0 Å². The van der Waals surface area contributed by atoms with Gasteiger partial charge in [0.1, 0.15) is 5.82 Å².